The maximum atomic E-state index is 11.6. The van der Waals surface area contributed by atoms with Crippen molar-refractivity contribution in [2.24, 2.45) is 0 Å². The normalized spacial score (nSPS) is 10.5. The van der Waals surface area contributed by atoms with Gasteiger partial charge in [0, 0.05) is 5.57 Å². The summed E-state index contributed by atoms with van der Waals surface area (Å²) in [5, 5.41) is 0. The number of ether oxygens (including phenoxy) is 1. The first-order chi connectivity index (χ1) is 8.63. The summed E-state index contributed by atoms with van der Waals surface area (Å²) >= 11 is 6.84. The van der Waals surface area contributed by atoms with Crippen molar-refractivity contribution in [3.05, 3.63) is 40.4 Å². The number of benzene rings is 1. The Labute approximate surface area is 114 Å². The Bertz CT molecular complexity index is 654. The largest absolute Gasteiger partial charge is 0.463 e. The van der Waals surface area contributed by atoms with Crippen LogP contribution in [-0.4, -0.2) is 17.1 Å². The van der Waals surface area contributed by atoms with Crippen LogP contribution in [-0.2, 0) is 16.1 Å². The van der Waals surface area contributed by atoms with E-state index in [0.29, 0.717) is 18.7 Å². The predicted octanol–water partition coefficient (Wildman–Crippen LogP) is 3.55. The van der Waals surface area contributed by atoms with Crippen molar-refractivity contribution in [2.45, 2.75) is 13.5 Å². The summed E-state index contributed by atoms with van der Waals surface area (Å²) in [6.07, 6.45) is 0. The molecule has 1 aromatic carbocycles. The average molecular weight is 279 g/mol. The number of esters is 1. The molecule has 0 unspecified atom stereocenters. The van der Waals surface area contributed by atoms with Crippen molar-refractivity contribution >= 4 is 39.7 Å². The molecule has 0 aliphatic heterocycles. The van der Waals surface area contributed by atoms with Gasteiger partial charge in [0.2, 0.25) is 0 Å². The quantitative estimate of drug-likeness (QED) is 0.487. The number of hydrogen-bond donors (Lipinski definition) is 0. The Morgan fingerprint density at radius 3 is 2.94 bits per heavy atom. The third kappa shape index (κ3) is 2.52. The fourth-order valence-electron chi connectivity index (χ4n) is 1.65. The number of carbonyl (C=O) groups excluding carboxylic acids is 1. The maximum Gasteiger partial charge on any atom is 0.335 e. The Kier molecular flexibility index (Phi) is 3.93. The number of para-hydroxylation sites is 1. The second-order valence-corrected chi connectivity index (χ2v) is 5.42. The summed E-state index contributed by atoms with van der Waals surface area (Å²) in [5.74, 6) is -0.366. The van der Waals surface area contributed by atoms with E-state index < -0.39 is 0 Å². The van der Waals surface area contributed by atoms with Crippen molar-refractivity contribution < 1.29 is 9.53 Å². The number of rotatable bonds is 4. The summed E-state index contributed by atoms with van der Waals surface area (Å²) in [4.78, 5) is 11.6. The highest BCUT2D eigenvalue weighted by atomic mass is 32.1. The minimum absolute atomic E-state index is 0.355. The third-order valence-corrected chi connectivity index (χ3v) is 3.92. The Balaban J connectivity index is 2.32. The van der Waals surface area contributed by atoms with Gasteiger partial charge in [-0.1, -0.05) is 18.7 Å². The fraction of sp³-hybridized carbons (Fsp3) is 0.231. The number of thiazole rings is 1. The highest BCUT2D eigenvalue weighted by Gasteiger charge is 2.11. The molecule has 0 aliphatic carbocycles. The molecule has 0 saturated carbocycles. The Hall–Kier alpha value is -1.46. The molecule has 1 aromatic heterocycles. The van der Waals surface area contributed by atoms with E-state index in [1.807, 2.05) is 28.8 Å². The lowest BCUT2D eigenvalue weighted by Gasteiger charge is -2.07. The molecule has 0 amide bonds. The van der Waals surface area contributed by atoms with Crippen LogP contribution in [0.15, 0.2) is 36.4 Å². The molecular formula is C13H13NO2S2. The number of nitrogens with zero attached hydrogens (tertiary/aromatic N) is 1. The standard InChI is InChI=1S/C13H13NO2S2/c1-3-16-12(15)9(2)8-14-10-6-4-5-7-11(10)18-13(14)17/h4-7H,2-3,8H2,1H3. The lowest BCUT2D eigenvalue weighted by Crippen LogP contribution is -2.12. The van der Waals surface area contributed by atoms with E-state index in [2.05, 4.69) is 6.58 Å². The highest BCUT2D eigenvalue weighted by molar-refractivity contribution is 7.73. The van der Waals surface area contributed by atoms with Crippen molar-refractivity contribution in [1.82, 2.24) is 4.57 Å². The van der Waals surface area contributed by atoms with E-state index in [1.54, 1.807) is 6.92 Å². The molecule has 0 saturated heterocycles. The van der Waals surface area contributed by atoms with Gasteiger partial charge < -0.3 is 9.30 Å². The number of fused-ring (bicyclic) bond motifs is 1. The summed E-state index contributed by atoms with van der Waals surface area (Å²) in [7, 11) is 0. The van der Waals surface area contributed by atoms with E-state index in [-0.39, 0.29) is 5.97 Å². The van der Waals surface area contributed by atoms with Crippen LogP contribution in [0.5, 0.6) is 0 Å². The van der Waals surface area contributed by atoms with Crippen LogP contribution >= 0.6 is 23.6 Å². The molecule has 0 radical (unpaired) electrons. The van der Waals surface area contributed by atoms with Crippen LogP contribution in [0.2, 0.25) is 0 Å². The summed E-state index contributed by atoms with van der Waals surface area (Å²) in [5.41, 5.74) is 1.44. The van der Waals surface area contributed by atoms with E-state index in [0.717, 1.165) is 14.2 Å². The van der Waals surface area contributed by atoms with Gasteiger partial charge in [0.15, 0.2) is 3.95 Å². The summed E-state index contributed by atoms with van der Waals surface area (Å²) < 4.78 is 8.68. The molecule has 3 nitrogen and oxygen atoms in total. The number of hydrogen-bond acceptors (Lipinski definition) is 4. The number of carbonyl (C=O) groups is 1. The number of aromatic nitrogens is 1. The molecule has 0 spiro atoms. The highest BCUT2D eigenvalue weighted by Crippen LogP contribution is 2.23. The van der Waals surface area contributed by atoms with Crippen LogP contribution in [0.3, 0.4) is 0 Å². The van der Waals surface area contributed by atoms with E-state index in [9.17, 15) is 4.79 Å². The van der Waals surface area contributed by atoms with Crippen molar-refractivity contribution in [3.8, 4) is 0 Å². The van der Waals surface area contributed by atoms with E-state index in [1.165, 1.54) is 11.3 Å². The molecule has 0 aliphatic rings. The van der Waals surface area contributed by atoms with Gasteiger partial charge in [-0.05, 0) is 31.3 Å². The SMILES string of the molecule is C=C(Cn1c(=S)sc2ccccc21)C(=O)OCC. The van der Waals surface area contributed by atoms with E-state index >= 15 is 0 Å². The van der Waals surface area contributed by atoms with Crippen LogP contribution in [0.1, 0.15) is 6.92 Å². The van der Waals surface area contributed by atoms with Gasteiger partial charge >= 0.3 is 5.97 Å². The van der Waals surface area contributed by atoms with Gasteiger partial charge in [-0.3, -0.25) is 0 Å². The molecule has 0 bridgehead atoms. The van der Waals surface area contributed by atoms with Crippen LogP contribution in [0, 0.1) is 3.95 Å². The monoisotopic (exact) mass is 279 g/mol. The second kappa shape index (κ2) is 5.46. The van der Waals surface area contributed by atoms with Crippen LogP contribution in [0.4, 0.5) is 0 Å². The van der Waals surface area contributed by atoms with Gasteiger partial charge in [-0.15, -0.1) is 11.3 Å². The molecule has 1 heterocycles. The zero-order valence-corrected chi connectivity index (χ0v) is 11.6. The second-order valence-electron chi connectivity index (χ2n) is 3.75. The van der Waals surface area contributed by atoms with Crippen LogP contribution in [0.25, 0.3) is 10.2 Å². The fourth-order valence-corrected chi connectivity index (χ4v) is 2.98. The lowest BCUT2D eigenvalue weighted by molar-refractivity contribution is -0.138. The predicted molar refractivity (Wildman–Crippen MR) is 76.4 cm³/mol. The minimum Gasteiger partial charge on any atom is -0.463 e. The Morgan fingerprint density at radius 2 is 2.22 bits per heavy atom. The molecule has 2 rings (SSSR count). The first kappa shape index (κ1) is 13.0. The molecule has 0 fully saturated rings. The average Bonchev–Trinajstić information content (AvgIpc) is 2.66. The van der Waals surface area contributed by atoms with Crippen molar-refractivity contribution in [1.29, 1.82) is 0 Å². The van der Waals surface area contributed by atoms with Gasteiger partial charge in [0.1, 0.15) is 0 Å². The summed E-state index contributed by atoms with van der Waals surface area (Å²) in [6, 6.07) is 7.92. The van der Waals surface area contributed by atoms with Gasteiger partial charge in [0.25, 0.3) is 0 Å². The zero-order chi connectivity index (χ0) is 13.1. The topological polar surface area (TPSA) is 31.2 Å². The van der Waals surface area contributed by atoms with Crippen LogP contribution < -0.4 is 0 Å². The van der Waals surface area contributed by atoms with Gasteiger partial charge in [0.05, 0.1) is 23.4 Å². The summed E-state index contributed by atoms with van der Waals surface area (Å²) in [6.45, 7) is 6.27. The lowest BCUT2D eigenvalue weighted by atomic mass is 10.3. The van der Waals surface area contributed by atoms with Gasteiger partial charge in [-0.25, -0.2) is 4.79 Å². The van der Waals surface area contributed by atoms with Gasteiger partial charge in [-0.2, -0.15) is 0 Å². The molecular weight excluding hydrogens is 266 g/mol. The smallest absolute Gasteiger partial charge is 0.335 e. The molecule has 5 heteroatoms. The third-order valence-electron chi connectivity index (χ3n) is 2.49. The maximum absolute atomic E-state index is 11.6. The van der Waals surface area contributed by atoms with E-state index in [4.69, 9.17) is 17.0 Å². The Morgan fingerprint density at radius 1 is 1.50 bits per heavy atom. The van der Waals surface area contributed by atoms with Crippen molar-refractivity contribution in [2.75, 3.05) is 6.61 Å². The van der Waals surface area contributed by atoms with Crippen molar-refractivity contribution in [3.63, 3.8) is 0 Å². The molecule has 18 heavy (non-hydrogen) atoms. The molecule has 94 valence electrons. The molecule has 0 N–H and O–H groups in total. The minimum atomic E-state index is -0.366. The first-order valence-electron chi connectivity index (χ1n) is 5.56. The first-order valence-corrected chi connectivity index (χ1v) is 6.79. The molecule has 2 aromatic rings. The molecule has 0 atom stereocenters. The zero-order valence-electron chi connectivity index (χ0n) is 10.0.